The Morgan fingerprint density at radius 3 is 1.77 bits per heavy atom. The van der Waals surface area contributed by atoms with Crippen LogP contribution in [0.1, 0.15) is 0 Å². The van der Waals surface area contributed by atoms with Gasteiger partial charge in [0.1, 0.15) is 0 Å². The standard InChI is InChI=1S/C2H16P10.Rh/c3-1(11(6)7)2(9-4)12(8)10-5;/h1-2,9-10H,3-8H2;/t1?,2-,12?;/m0./s1. The van der Waals surface area contributed by atoms with Crippen LogP contribution < -0.4 is 0 Å². The zero-order chi connectivity index (χ0) is 9.72. The Morgan fingerprint density at radius 1 is 1.08 bits per heavy atom. The van der Waals surface area contributed by atoms with E-state index in [2.05, 4.69) is 53.9 Å². The summed E-state index contributed by atoms with van der Waals surface area (Å²) in [5.74, 6) is 0. The van der Waals surface area contributed by atoms with Gasteiger partial charge in [0.2, 0.25) is 0 Å². The van der Waals surface area contributed by atoms with Crippen LogP contribution in [-0.2, 0) is 19.5 Å². The van der Waals surface area contributed by atoms with Gasteiger partial charge in [0.25, 0.3) is 0 Å². The molecule has 0 aliphatic carbocycles. The summed E-state index contributed by atoms with van der Waals surface area (Å²) in [4.78, 5) is 0. The van der Waals surface area contributed by atoms with Crippen LogP contribution in [0.15, 0.2) is 0 Å². The SMILES string of the molecule is PP[C@H](C(P)P(P)P)P(P)PP.[Rh]. The van der Waals surface area contributed by atoms with E-state index < -0.39 is 0 Å². The molecule has 0 amide bonds. The van der Waals surface area contributed by atoms with E-state index in [1.807, 2.05) is 0 Å². The fourth-order valence-corrected chi connectivity index (χ4v) is 22.2. The second kappa shape index (κ2) is 12.0. The minimum atomic E-state index is 0. The number of rotatable bonds is 5. The van der Waals surface area contributed by atoms with E-state index in [1.54, 1.807) is 0 Å². The molecule has 10 unspecified atom stereocenters. The largest absolute Gasteiger partial charge is 0.128 e. The normalized spacial score (nSPS) is 19.6. The van der Waals surface area contributed by atoms with Crippen molar-refractivity contribution in [3.05, 3.63) is 0 Å². The Kier molecular flexibility index (Phi) is 18.7. The molecule has 0 aromatic carbocycles. The Labute approximate surface area is 114 Å². The van der Waals surface area contributed by atoms with Crippen molar-refractivity contribution < 1.29 is 19.5 Å². The molecule has 0 nitrogen and oxygen atoms in total. The van der Waals surface area contributed by atoms with Crippen molar-refractivity contribution in [2.24, 2.45) is 0 Å². The third-order valence-electron chi connectivity index (χ3n) is 1.29. The van der Waals surface area contributed by atoms with Crippen LogP contribution in [0.3, 0.4) is 0 Å². The molecule has 0 rings (SSSR count). The monoisotopic (exact) mass is 453 g/mol. The van der Waals surface area contributed by atoms with E-state index in [4.69, 9.17) is 0 Å². The van der Waals surface area contributed by atoms with E-state index in [-0.39, 0.29) is 34.1 Å². The van der Waals surface area contributed by atoms with Gasteiger partial charge >= 0.3 is 0 Å². The second-order valence-corrected chi connectivity index (χ2v) is 22.2. The molecule has 0 heterocycles. The zero-order valence-corrected chi connectivity index (χ0v) is 19.2. The number of hydrogen-bond acceptors (Lipinski definition) is 0. The molecule has 1 radical (unpaired) electrons. The summed E-state index contributed by atoms with van der Waals surface area (Å²) >= 11 is 0. The first-order valence-electron chi connectivity index (χ1n) is 3.05. The van der Waals surface area contributed by atoms with Crippen LogP contribution in [0, 0.1) is 0 Å². The van der Waals surface area contributed by atoms with Crippen molar-refractivity contribution in [2.45, 2.75) is 10.8 Å². The molecule has 0 aromatic rings. The Hall–Kier alpha value is 4.92. The van der Waals surface area contributed by atoms with Crippen LogP contribution >= 0.6 is 84.7 Å². The van der Waals surface area contributed by atoms with Crippen LogP contribution in [0.2, 0.25) is 0 Å². The molecule has 13 heavy (non-hydrogen) atoms. The molecule has 0 aromatic heterocycles. The first-order valence-corrected chi connectivity index (χ1v) is 17.9. The van der Waals surface area contributed by atoms with Gasteiger partial charge < -0.3 is 0 Å². The molecular formula is C2H16P10Rh. The van der Waals surface area contributed by atoms with E-state index in [9.17, 15) is 0 Å². The van der Waals surface area contributed by atoms with Gasteiger partial charge in [-0.1, -0.05) is 30.8 Å². The summed E-state index contributed by atoms with van der Waals surface area (Å²) in [6.07, 6.45) is 0. The summed E-state index contributed by atoms with van der Waals surface area (Å²) < 4.78 is 0. The number of hydrogen-bond donors (Lipinski definition) is 0. The van der Waals surface area contributed by atoms with Gasteiger partial charge in [-0.3, -0.25) is 0 Å². The quantitative estimate of drug-likeness (QED) is 0.419. The maximum Gasteiger partial charge on any atom is 0.0182 e. The summed E-state index contributed by atoms with van der Waals surface area (Å²) in [6, 6.07) is 0. The first kappa shape index (κ1) is 20.2. The van der Waals surface area contributed by atoms with Crippen molar-refractivity contribution in [3.63, 3.8) is 0 Å². The maximum absolute atomic E-state index is 3.04. The molecule has 0 aliphatic heterocycles. The Morgan fingerprint density at radius 2 is 1.54 bits per heavy atom. The van der Waals surface area contributed by atoms with Crippen molar-refractivity contribution in [3.8, 4) is 0 Å². The molecular weight excluding hydrogens is 437 g/mol. The van der Waals surface area contributed by atoms with Crippen LogP contribution in [-0.4, -0.2) is 10.8 Å². The predicted octanol–water partition coefficient (Wildman–Crippen LogP) is 4.70. The molecule has 11 heteroatoms. The van der Waals surface area contributed by atoms with E-state index >= 15 is 0 Å². The fourth-order valence-electron chi connectivity index (χ4n) is 0.587. The average Bonchev–Trinajstić information content (AvgIpc) is 2.05. The molecule has 0 aliphatic rings. The van der Waals surface area contributed by atoms with Crippen LogP contribution in [0.5, 0.6) is 0 Å². The molecule has 0 spiro atoms. The summed E-state index contributed by atoms with van der Waals surface area (Å²) in [6.45, 7) is 0. The minimum Gasteiger partial charge on any atom is -0.128 e. The molecule has 0 saturated heterocycles. The van der Waals surface area contributed by atoms with Crippen LogP contribution in [0.25, 0.3) is 0 Å². The molecule has 0 saturated carbocycles. The topological polar surface area (TPSA) is 0 Å². The third-order valence-corrected chi connectivity index (χ3v) is 25.2. The molecule has 11 atom stereocenters. The van der Waals surface area contributed by atoms with Crippen LogP contribution in [0.4, 0.5) is 0 Å². The first-order chi connectivity index (χ1) is 5.54. The van der Waals surface area contributed by atoms with Crippen molar-refractivity contribution >= 4 is 84.7 Å². The molecule has 0 bridgehead atoms. The van der Waals surface area contributed by atoms with Crippen molar-refractivity contribution in [1.29, 1.82) is 0 Å². The third kappa shape index (κ3) is 8.61. The van der Waals surface area contributed by atoms with Gasteiger partial charge in [-0.05, 0) is 0 Å². The van der Waals surface area contributed by atoms with Gasteiger partial charge in [0.05, 0.1) is 0 Å². The summed E-state index contributed by atoms with van der Waals surface area (Å²) in [5, 5.41) is 1.67. The summed E-state index contributed by atoms with van der Waals surface area (Å²) in [7, 11) is 19.9. The minimum absolute atomic E-state index is 0. The Balaban J connectivity index is 0. The Bertz CT molecular complexity index is 117. The van der Waals surface area contributed by atoms with Gasteiger partial charge in [-0.2, -0.15) is 0 Å². The van der Waals surface area contributed by atoms with Gasteiger partial charge in [-0.25, -0.2) is 0 Å². The molecule has 0 N–H and O–H groups in total. The molecule has 0 fully saturated rings. The van der Waals surface area contributed by atoms with Gasteiger partial charge in [-0.15, -0.1) is 53.9 Å². The fraction of sp³-hybridized carbons (Fsp3) is 1.00. The van der Waals surface area contributed by atoms with Crippen molar-refractivity contribution in [2.75, 3.05) is 0 Å². The average molecular weight is 453 g/mol. The zero-order valence-electron chi connectivity index (χ0n) is 6.85. The van der Waals surface area contributed by atoms with E-state index in [0.717, 1.165) is 27.0 Å². The van der Waals surface area contributed by atoms with Gasteiger partial charge in [0.15, 0.2) is 0 Å². The predicted molar refractivity (Wildman–Crippen MR) is 96.3 cm³/mol. The van der Waals surface area contributed by atoms with E-state index in [0.29, 0.717) is 0 Å². The maximum atomic E-state index is 3.04. The smallest absolute Gasteiger partial charge is 0.0182 e. The molecule has 83 valence electrons. The summed E-state index contributed by atoms with van der Waals surface area (Å²) in [5.41, 5.74) is 0. The van der Waals surface area contributed by atoms with E-state index in [1.165, 1.54) is 0 Å². The van der Waals surface area contributed by atoms with Crippen molar-refractivity contribution in [1.82, 2.24) is 0 Å². The second-order valence-electron chi connectivity index (χ2n) is 2.09. The van der Waals surface area contributed by atoms with Gasteiger partial charge in [0, 0.05) is 30.3 Å².